The van der Waals surface area contributed by atoms with Gasteiger partial charge in [0.1, 0.15) is 5.69 Å². The van der Waals surface area contributed by atoms with Crippen LogP contribution in [0.3, 0.4) is 0 Å². The third-order valence-electron chi connectivity index (χ3n) is 5.47. The highest BCUT2D eigenvalue weighted by Crippen LogP contribution is 2.41. The molecule has 1 fully saturated rings. The van der Waals surface area contributed by atoms with Crippen LogP contribution in [0, 0.1) is 0 Å². The summed E-state index contributed by atoms with van der Waals surface area (Å²) in [7, 11) is 1.72. The Bertz CT molecular complexity index is 880. The van der Waals surface area contributed by atoms with Crippen LogP contribution in [0.4, 0.5) is 0 Å². The molecule has 0 unspecified atom stereocenters. The van der Waals surface area contributed by atoms with Crippen LogP contribution in [0.2, 0.25) is 0 Å². The summed E-state index contributed by atoms with van der Waals surface area (Å²) in [4.78, 5) is 32.3. The number of pyridine rings is 1. The van der Waals surface area contributed by atoms with E-state index in [9.17, 15) is 14.7 Å². The van der Waals surface area contributed by atoms with Crippen molar-refractivity contribution in [2.75, 3.05) is 20.2 Å². The maximum absolute atomic E-state index is 12.7. The first-order chi connectivity index (χ1) is 14.0. The number of carbonyl (C=O) groups excluding carboxylic acids is 2. The number of amides is 2. The fourth-order valence-electron chi connectivity index (χ4n) is 4.13. The van der Waals surface area contributed by atoms with Gasteiger partial charge in [-0.15, -0.1) is 0 Å². The molecule has 1 N–H and O–H groups in total. The van der Waals surface area contributed by atoms with Crippen molar-refractivity contribution in [2.24, 2.45) is 0 Å². The predicted molar refractivity (Wildman–Crippen MR) is 112 cm³/mol. The van der Waals surface area contributed by atoms with E-state index in [0.29, 0.717) is 12.2 Å². The lowest BCUT2D eigenvalue weighted by Gasteiger charge is -2.55. The van der Waals surface area contributed by atoms with Crippen molar-refractivity contribution in [3.8, 4) is 0 Å². The molecule has 2 aromatic rings. The molecule has 0 bridgehead atoms. The van der Waals surface area contributed by atoms with E-state index in [1.54, 1.807) is 41.2 Å². The second kappa shape index (κ2) is 9.01. The molecular formula is C23H27N3O3. The summed E-state index contributed by atoms with van der Waals surface area (Å²) in [5, 5.41) is 9.92. The monoisotopic (exact) mass is 393 g/mol. The van der Waals surface area contributed by atoms with E-state index < -0.39 is 0 Å². The van der Waals surface area contributed by atoms with Crippen LogP contribution >= 0.6 is 0 Å². The van der Waals surface area contributed by atoms with Gasteiger partial charge < -0.3 is 14.9 Å². The van der Waals surface area contributed by atoms with Gasteiger partial charge in [0.2, 0.25) is 5.91 Å². The standard InChI is InChI=1S/C23H27N3O3/c1-4-7-17-9-11-18(12-10-17)22-20(26(16(2)28)21(22)15-27)14-25(3)23(29)19-8-5-6-13-24-19/h4-13,20-22,27H,14-15H2,1-3H3/t20-,21-,22+/m0/s1. The van der Waals surface area contributed by atoms with Crippen LogP contribution in [0.5, 0.6) is 0 Å². The summed E-state index contributed by atoms with van der Waals surface area (Å²) in [5.41, 5.74) is 2.52. The summed E-state index contributed by atoms with van der Waals surface area (Å²) >= 11 is 0. The van der Waals surface area contributed by atoms with Crippen LogP contribution in [-0.2, 0) is 4.79 Å². The number of hydrogen-bond donors (Lipinski definition) is 1. The van der Waals surface area contributed by atoms with Crippen molar-refractivity contribution in [1.82, 2.24) is 14.8 Å². The molecule has 152 valence electrons. The Morgan fingerprint density at radius 2 is 1.90 bits per heavy atom. The van der Waals surface area contributed by atoms with E-state index in [4.69, 9.17) is 0 Å². The molecule has 0 aliphatic carbocycles. The highest BCUT2D eigenvalue weighted by atomic mass is 16.3. The molecule has 0 spiro atoms. The molecule has 1 aliphatic rings. The van der Waals surface area contributed by atoms with Crippen LogP contribution in [0.1, 0.15) is 41.4 Å². The molecule has 0 saturated carbocycles. The van der Waals surface area contributed by atoms with Crippen molar-refractivity contribution in [3.05, 3.63) is 71.6 Å². The molecule has 6 nitrogen and oxygen atoms in total. The fourth-order valence-corrected chi connectivity index (χ4v) is 4.13. The van der Waals surface area contributed by atoms with Crippen molar-refractivity contribution in [2.45, 2.75) is 31.8 Å². The Morgan fingerprint density at radius 3 is 2.45 bits per heavy atom. The lowest BCUT2D eigenvalue weighted by atomic mass is 9.74. The summed E-state index contributed by atoms with van der Waals surface area (Å²) in [6.07, 6.45) is 5.59. The number of allylic oxidation sites excluding steroid dienone is 1. The molecule has 1 aromatic heterocycles. The lowest BCUT2D eigenvalue weighted by Crippen LogP contribution is -2.68. The highest BCUT2D eigenvalue weighted by Gasteiger charge is 2.50. The maximum atomic E-state index is 12.7. The van der Waals surface area contributed by atoms with Gasteiger partial charge in [-0.2, -0.15) is 0 Å². The first-order valence-corrected chi connectivity index (χ1v) is 9.76. The van der Waals surface area contributed by atoms with Crippen molar-refractivity contribution < 1.29 is 14.7 Å². The van der Waals surface area contributed by atoms with Gasteiger partial charge in [-0.05, 0) is 30.2 Å². The van der Waals surface area contributed by atoms with E-state index in [-0.39, 0.29) is 36.4 Å². The molecule has 2 amide bonds. The van der Waals surface area contributed by atoms with Gasteiger partial charge >= 0.3 is 0 Å². The number of likely N-dealkylation sites (N-methyl/N-ethyl adjacent to an activating group) is 1. The fraction of sp³-hybridized carbons (Fsp3) is 0.348. The third kappa shape index (κ3) is 4.22. The Balaban J connectivity index is 1.84. The van der Waals surface area contributed by atoms with Crippen LogP contribution in [0.15, 0.2) is 54.7 Å². The molecule has 3 rings (SSSR count). The normalized spacial score (nSPS) is 21.1. The quantitative estimate of drug-likeness (QED) is 0.819. The van der Waals surface area contributed by atoms with Crippen LogP contribution < -0.4 is 0 Å². The first kappa shape index (κ1) is 20.7. The number of aromatic nitrogens is 1. The molecule has 2 heterocycles. The number of rotatable bonds is 6. The van der Waals surface area contributed by atoms with Crippen LogP contribution in [0.25, 0.3) is 6.08 Å². The van der Waals surface area contributed by atoms with E-state index in [0.717, 1.165) is 11.1 Å². The van der Waals surface area contributed by atoms with Gasteiger partial charge in [0.25, 0.3) is 5.91 Å². The maximum Gasteiger partial charge on any atom is 0.272 e. The molecule has 1 saturated heterocycles. The predicted octanol–water partition coefficient (Wildman–Crippen LogP) is 2.56. The molecule has 1 aliphatic heterocycles. The van der Waals surface area contributed by atoms with Gasteiger partial charge in [-0.1, -0.05) is 42.5 Å². The van der Waals surface area contributed by atoms with Gasteiger partial charge in [0.05, 0.1) is 18.7 Å². The zero-order chi connectivity index (χ0) is 21.0. The lowest BCUT2D eigenvalue weighted by molar-refractivity contribution is -0.148. The minimum atomic E-state index is -0.289. The number of hydrogen-bond acceptors (Lipinski definition) is 4. The Hall–Kier alpha value is -2.99. The zero-order valence-electron chi connectivity index (χ0n) is 17.0. The number of carbonyl (C=O) groups is 2. The molecule has 29 heavy (non-hydrogen) atoms. The Kier molecular flexibility index (Phi) is 6.44. The molecule has 1 aromatic carbocycles. The highest BCUT2D eigenvalue weighted by molar-refractivity contribution is 5.92. The average molecular weight is 393 g/mol. The molecule has 6 heteroatoms. The Morgan fingerprint density at radius 1 is 1.17 bits per heavy atom. The number of aliphatic hydroxyl groups excluding tert-OH is 1. The second-order valence-corrected chi connectivity index (χ2v) is 7.34. The first-order valence-electron chi connectivity index (χ1n) is 9.76. The van der Waals surface area contributed by atoms with Crippen LogP contribution in [-0.4, -0.2) is 64.0 Å². The van der Waals surface area contributed by atoms with E-state index in [1.807, 2.05) is 43.3 Å². The summed E-state index contributed by atoms with van der Waals surface area (Å²) < 4.78 is 0. The zero-order valence-corrected chi connectivity index (χ0v) is 17.0. The van der Waals surface area contributed by atoms with Gasteiger partial charge in [-0.25, -0.2) is 0 Å². The molecule has 3 atom stereocenters. The third-order valence-corrected chi connectivity index (χ3v) is 5.47. The van der Waals surface area contributed by atoms with Gasteiger partial charge in [0, 0.05) is 32.6 Å². The van der Waals surface area contributed by atoms with Gasteiger partial charge in [-0.3, -0.25) is 14.6 Å². The molecule has 0 radical (unpaired) electrons. The topological polar surface area (TPSA) is 73.7 Å². The minimum Gasteiger partial charge on any atom is -0.394 e. The average Bonchev–Trinajstić information content (AvgIpc) is 2.72. The number of benzene rings is 1. The van der Waals surface area contributed by atoms with Crippen molar-refractivity contribution in [1.29, 1.82) is 0 Å². The minimum absolute atomic E-state index is 0.0393. The second-order valence-electron chi connectivity index (χ2n) is 7.34. The number of likely N-dealkylation sites (tertiary alicyclic amines) is 1. The largest absolute Gasteiger partial charge is 0.394 e. The summed E-state index contributed by atoms with van der Waals surface area (Å²) in [6.45, 7) is 3.72. The smallest absolute Gasteiger partial charge is 0.272 e. The van der Waals surface area contributed by atoms with Gasteiger partial charge in [0.15, 0.2) is 0 Å². The van der Waals surface area contributed by atoms with E-state index >= 15 is 0 Å². The molecular weight excluding hydrogens is 366 g/mol. The number of nitrogens with zero attached hydrogens (tertiary/aromatic N) is 3. The SMILES string of the molecule is CC=Cc1ccc([C@H]2[C@H](CO)N(C(C)=O)[C@H]2CN(C)C(=O)c2ccccn2)cc1. The summed E-state index contributed by atoms with van der Waals surface area (Å²) in [6, 6.07) is 12.9. The van der Waals surface area contributed by atoms with Crippen molar-refractivity contribution >= 4 is 17.9 Å². The summed E-state index contributed by atoms with van der Waals surface area (Å²) in [5.74, 6) is -0.333. The van der Waals surface area contributed by atoms with E-state index in [2.05, 4.69) is 4.98 Å². The van der Waals surface area contributed by atoms with Crippen molar-refractivity contribution in [3.63, 3.8) is 0 Å². The number of aliphatic hydroxyl groups is 1. The van der Waals surface area contributed by atoms with E-state index in [1.165, 1.54) is 6.92 Å². The Labute approximate surface area is 171 Å².